The molecule has 0 saturated heterocycles. The molecule has 2 N–H and O–H groups in total. The lowest BCUT2D eigenvalue weighted by atomic mass is 10.1. The second-order valence-electron chi connectivity index (χ2n) is 6.89. The fraction of sp³-hybridized carbons (Fsp3) is 0.500. The highest BCUT2D eigenvalue weighted by atomic mass is 19.1. The predicted molar refractivity (Wildman–Crippen MR) is 92.7 cm³/mol. The van der Waals surface area contributed by atoms with Crippen LogP contribution in [0, 0.1) is 5.82 Å². The van der Waals surface area contributed by atoms with E-state index in [0.717, 1.165) is 6.07 Å². The summed E-state index contributed by atoms with van der Waals surface area (Å²) < 4.78 is 23.8. The van der Waals surface area contributed by atoms with Gasteiger partial charge in [0.15, 0.2) is 0 Å². The van der Waals surface area contributed by atoms with Gasteiger partial charge in [0.2, 0.25) is 5.91 Å². The molecule has 0 bridgehead atoms. The van der Waals surface area contributed by atoms with Crippen molar-refractivity contribution < 1.29 is 28.2 Å². The van der Waals surface area contributed by atoms with E-state index >= 15 is 0 Å². The van der Waals surface area contributed by atoms with Gasteiger partial charge in [0.25, 0.3) is 0 Å². The molecular formula is C18H25FN2O5. The summed E-state index contributed by atoms with van der Waals surface area (Å²) in [6, 6.07) is 2.70. The van der Waals surface area contributed by atoms with Gasteiger partial charge in [0, 0.05) is 19.2 Å². The molecule has 0 spiro atoms. The summed E-state index contributed by atoms with van der Waals surface area (Å²) in [6.07, 6.45) is -0.278. The van der Waals surface area contributed by atoms with Crippen molar-refractivity contribution in [2.75, 3.05) is 14.2 Å². The average molecular weight is 368 g/mol. The summed E-state index contributed by atoms with van der Waals surface area (Å²) in [6.45, 7) is 5.07. The number of likely N-dealkylation sites (N-methyl/N-ethyl adjacent to an activating group) is 1. The van der Waals surface area contributed by atoms with Crippen LogP contribution in [-0.4, -0.2) is 48.5 Å². The van der Waals surface area contributed by atoms with Gasteiger partial charge in [-0.25, -0.2) is 9.18 Å². The lowest BCUT2D eigenvalue weighted by Crippen LogP contribution is -2.42. The number of carbonyl (C=O) groups is 3. The molecule has 8 heteroatoms. The minimum Gasteiger partial charge on any atom is -0.469 e. The number of rotatable bonds is 6. The second-order valence-corrected chi connectivity index (χ2v) is 6.89. The monoisotopic (exact) mass is 368 g/mol. The minimum atomic E-state index is -1.09. The molecule has 0 aromatic heterocycles. The van der Waals surface area contributed by atoms with E-state index in [1.54, 1.807) is 20.8 Å². The van der Waals surface area contributed by atoms with E-state index in [2.05, 4.69) is 4.74 Å². The molecule has 1 amide bonds. The first kappa shape index (κ1) is 21.6. The van der Waals surface area contributed by atoms with Crippen LogP contribution in [0.4, 0.5) is 4.39 Å². The molecule has 1 rings (SSSR count). The molecule has 0 unspecified atom stereocenters. The van der Waals surface area contributed by atoms with Gasteiger partial charge < -0.3 is 20.1 Å². The number of halogens is 1. The number of benzene rings is 1. The van der Waals surface area contributed by atoms with Crippen LogP contribution < -0.4 is 5.73 Å². The maximum absolute atomic E-state index is 14.1. The second kappa shape index (κ2) is 8.75. The molecule has 7 nitrogen and oxygen atoms in total. The quantitative estimate of drug-likeness (QED) is 0.766. The zero-order valence-corrected chi connectivity index (χ0v) is 15.7. The predicted octanol–water partition coefficient (Wildman–Crippen LogP) is 1.63. The number of carbonyl (C=O) groups excluding carboxylic acids is 3. The highest BCUT2D eigenvalue weighted by Gasteiger charge is 2.23. The van der Waals surface area contributed by atoms with Crippen molar-refractivity contribution >= 4 is 17.8 Å². The summed E-state index contributed by atoms with van der Waals surface area (Å²) in [5.74, 6) is -2.32. The first-order valence-electron chi connectivity index (χ1n) is 8.03. The van der Waals surface area contributed by atoms with Crippen LogP contribution in [0.5, 0.6) is 0 Å². The van der Waals surface area contributed by atoms with Crippen LogP contribution in [-0.2, 0) is 25.6 Å². The van der Waals surface area contributed by atoms with E-state index in [0.29, 0.717) is 0 Å². The Balaban J connectivity index is 2.88. The van der Waals surface area contributed by atoms with Crippen molar-refractivity contribution in [2.24, 2.45) is 5.73 Å². The summed E-state index contributed by atoms with van der Waals surface area (Å²) in [7, 11) is 2.62. The molecule has 1 atom stereocenters. The van der Waals surface area contributed by atoms with Gasteiger partial charge >= 0.3 is 11.9 Å². The van der Waals surface area contributed by atoms with Gasteiger partial charge in [-0.05, 0) is 39.0 Å². The zero-order valence-electron chi connectivity index (χ0n) is 15.7. The molecule has 1 aromatic rings. The van der Waals surface area contributed by atoms with E-state index in [9.17, 15) is 18.8 Å². The first-order valence-corrected chi connectivity index (χ1v) is 8.03. The van der Waals surface area contributed by atoms with Crippen molar-refractivity contribution in [3.8, 4) is 0 Å². The first-order chi connectivity index (χ1) is 11.9. The maximum Gasteiger partial charge on any atom is 0.338 e. The van der Waals surface area contributed by atoms with Gasteiger partial charge in [-0.1, -0.05) is 0 Å². The lowest BCUT2D eigenvalue weighted by Gasteiger charge is -2.22. The highest BCUT2D eigenvalue weighted by Crippen LogP contribution is 2.17. The molecule has 0 radical (unpaired) electrons. The third kappa shape index (κ3) is 6.44. The minimum absolute atomic E-state index is 0.115. The van der Waals surface area contributed by atoms with Crippen LogP contribution in [0.15, 0.2) is 18.2 Å². The number of hydrogen-bond donors (Lipinski definition) is 1. The maximum atomic E-state index is 14.1. The molecule has 0 aliphatic carbocycles. The van der Waals surface area contributed by atoms with Gasteiger partial charge in [-0.2, -0.15) is 0 Å². The van der Waals surface area contributed by atoms with Crippen molar-refractivity contribution in [3.63, 3.8) is 0 Å². The Kier molecular flexibility index (Phi) is 7.26. The van der Waals surface area contributed by atoms with E-state index in [-0.39, 0.29) is 24.1 Å². The molecule has 0 heterocycles. The van der Waals surface area contributed by atoms with E-state index in [4.69, 9.17) is 10.5 Å². The molecule has 0 saturated carbocycles. The summed E-state index contributed by atoms with van der Waals surface area (Å²) in [5, 5.41) is 0. The number of esters is 2. The van der Waals surface area contributed by atoms with Crippen molar-refractivity contribution in [1.82, 2.24) is 4.90 Å². The Morgan fingerprint density at radius 2 is 1.88 bits per heavy atom. The van der Waals surface area contributed by atoms with Gasteiger partial charge in [0.05, 0.1) is 25.1 Å². The molecule has 0 aliphatic rings. The summed E-state index contributed by atoms with van der Waals surface area (Å²) in [4.78, 5) is 36.7. The number of hydrogen-bond acceptors (Lipinski definition) is 6. The van der Waals surface area contributed by atoms with Crippen LogP contribution >= 0.6 is 0 Å². The Labute approximate surface area is 152 Å². The van der Waals surface area contributed by atoms with Crippen LogP contribution in [0.2, 0.25) is 0 Å². The van der Waals surface area contributed by atoms with Crippen molar-refractivity contribution in [3.05, 3.63) is 35.1 Å². The topological polar surface area (TPSA) is 98.9 Å². The molecule has 26 heavy (non-hydrogen) atoms. The van der Waals surface area contributed by atoms with E-state index in [1.165, 1.54) is 31.2 Å². The molecular weight excluding hydrogens is 343 g/mol. The number of ether oxygens (including phenoxy) is 2. The summed E-state index contributed by atoms with van der Waals surface area (Å²) in [5.41, 5.74) is 5.30. The summed E-state index contributed by atoms with van der Waals surface area (Å²) >= 11 is 0. The Bertz CT molecular complexity index is 685. The van der Waals surface area contributed by atoms with E-state index < -0.39 is 35.3 Å². The third-order valence-electron chi connectivity index (χ3n) is 3.40. The molecule has 0 aliphatic heterocycles. The Hall–Kier alpha value is -2.48. The Morgan fingerprint density at radius 1 is 1.27 bits per heavy atom. The van der Waals surface area contributed by atoms with Gasteiger partial charge in [-0.15, -0.1) is 0 Å². The van der Waals surface area contributed by atoms with Crippen LogP contribution in [0.3, 0.4) is 0 Å². The average Bonchev–Trinajstić information content (AvgIpc) is 2.54. The van der Waals surface area contributed by atoms with Crippen LogP contribution in [0.1, 0.15) is 43.1 Å². The normalized spacial score (nSPS) is 12.3. The fourth-order valence-corrected chi connectivity index (χ4v) is 2.13. The lowest BCUT2D eigenvalue weighted by molar-refractivity contribution is -0.144. The van der Waals surface area contributed by atoms with Gasteiger partial charge in [0.1, 0.15) is 11.4 Å². The smallest absolute Gasteiger partial charge is 0.338 e. The van der Waals surface area contributed by atoms with Gasteiger partial charge in [-0.3, -0.25) is 9.59 Å². The number of methoxy groups -OCH3 is 1. The third-order valence-corrected chi connectivity index (χ3v) is 3.40. The molecule has 0 fully saturated rings. The standard InChI is InChI=1S/C18H25FN2O5/c1-18(2,3)26-17(24)11-6-7-13(19)12(8-11)10-21(4)16(23)14(20)9-15(22)25-5/h6-8,14H,9-10,20H2,1-5H3/t14-/m0/s1. The zero-order chi connectivity index (χ0) is 20.1. The van der Waals surface area contributed by atoms with Crippen LogP contribution in [0.25, 0.3) is 0 Å². The van der Waals surface area contributed by atoms with Crippen molar-refractivity contribution in [1.29, 1.82) is 0 Å². The molecule has 1 aromatic carbocycles. The highest BCUT2D eigenvalue weighted by molar-refractivity contribution is 5.90. The number of amides is 1. The SMILES string of the molecule is COC(=O)C[C@H](N)C(=O)N(C)Cc1cc(C(=O)OC(C)(C)C)ccc1F. The molecule has 144 valence electrons. The Morgan fingerprint density at radius 3 is 2.42 bits per heavy atom. The van der Waals surface area contributed by atoms with Crippen molar-refractivity contribution in [2.45, 2.75) is 45.4 Å². The fourth-order valence-electron chi connectivity index (χ4n) is 2.13. The number of nitrogens with two attached hydrogens (primary N) is 1. The number of nitrogens with zero attached hydrogens (tertiary/aromatic N) is 1. The van der Waals surface area contributed by atoms with E-state index in [1.807, 2.05) is 0 Å². The largest absolute Gasteiger partial charge is 0.469 e.